The van der Waals surface area contributed by atoms with Gasteiger partial charge in [-0.1, -0.05) is 32.6 Å². The van der Waals surface area contributed by atoms with E-state index >= 15 is 0 Å². The maximum atomic E-state index is 5.49. The summed E-state index contributed by atoms with van der Waals surface area (Å²) in [6.07, 6.45) is 8.97. The van der Waals surface area contributed by atoms with Crippen LogP contribution in [0.2, 0.25) is 0 Å². The first-order valence-electron chi connectivity index (χ1n) is 6.89. The van der Waals surface area contributed by atoms with E-state index in [4.69, 9.17) is 5.84 Å². The second-order valence-electron chi connectivity index (χ2n) is 4.96. The fourth-order valence-corrected chi connectivity index (χ4v) is 2.35. The highest BCUT2D eigenvalue weighted by Crippen LogP contribution is 2.29. The van der Waals surface area contributed by atoms with Gasteiger partial charge in [-0.15, -0.1) is 0 Å². The van der Waals surface area contributed by atoms with Crippen molar-refractivity contribution >= 4 is 11.6 Å². The third-order valence-electron chi connectivity index (χ3n) is 3.65. The average molecular weight is 249 g/mol. The molecule has 18 heavy (non-hydrogen) atoms. The maximum Gasteiger partial charge on any atom is 0.148 e. The van der Waals surface area contributed by atoms with E-state index in [0.717, 1.165) is 42.5 Å². The predicted octanol–water partition coefficient (Wildman–Crippen LogP) is 2.32. The minimum Gasteiger partial charge on any atom is -0.370 e. The van der Waals surface area contributed by atoms with Gasteiger partial charge in [0.1, 0.15) is 18.0 Å². The molecule has 5 nitrogen and oxygen atoms in total. The molecule has 1 aromatic rings. The van der Waals surface area contributed by atoms with Gasteiger partial charge in [0.25, 0.3) is 0 Å². The monoisotopic (exact) mass is 249 g/mol. The third kappa shape index (κ3) is 3.10. The summed E-state index contributed by atoms with van der Waals surface area (Å²) < 4.78 is 0. The first kappa shape index (κ1) is 13.1. The Morgan fingerprint density at radius 3 is 2.72 bits per heavy atom. The van der Waals surface area contributed by atoms with Gasteiger partial charge in [0, 0.05) is 12.1 Å². The molecule has 0 aromatic carbocycles. The lowest BCUT2D eigenvalue weighted by atomic mass is 9.83. The highest BCUT2D eigenvalue weighted by atomic mass is 15.3. The zero-order valence-electron chi connectivity index (χ0n) is 11.1. The molecule has 0 spiro atoms. The minimum atomic E-state index is 0.734. The molecular weight excluding hydrogens is 226 g/mol. The lowest BCUT2D eigenvalue weighted by molar-refractivity contribution is 0.303. The molecule has 0 atom stereocenters. The predicted molar refractivity (Wildman–Crippen MR) is 74.3 cm³/mol. The Kier molecular flexibility index (Phi) is 4.75. The van der Waals surface area contributed by atoms with Gasteiger partial charge >= 0.3 is 0 Å². The number of hydrogen-bond donors (Lipinski definition) is 3. The molecular formula is C13H23N5. The van der Waals surface area contributed by atoms with Gasteiger partial charge in [-0.2, -0.15) is 0 Å². The quantitative estimate of drug-likeness (QED) is 0.510. The molecule has 0 aliphatic heterocycles. The van der Waals surface area contributed by atoms with Crippen LogP contribution in [0.5, 0.6) is 0 Å². The van der Waals surface area contributed by atoms with Crippen LogP contribution in [0.15, 0.2) is 6.33 Å². The Labute approximate surface area is 109 Å². The molecule has 4 N–H and O–H groups in total. The molecule has 1 saturated carbocycles. The maximum absolute atomic E-state index is 5.49. The molecule has 1 fully saturated rings. The molecule has 0 bridgehead atoms. The number of nitrogens with two attached hydrogens (primary N) is 1. The van der Waals surface area contributed by atoms with Crippen LogP contribution in [0, 0.1) is 5.92 Å². The normalized spacial score (nSPS) is 15.2. The molecule has 1 heterocycles. The number of hydrogen-bond acceptors (Lipinski definition) is 5. The second kappa shape index (κ2) is 6.54. The number of hydrazine groups is 1. The number of rotatable bonds is 7. The standard InChI is InChI=1S/C13H23N5/c1-2-4-11-12(16-9-17-13(11)18-14)15-8-7-10-5-3-6-10/h9-10H,2-8,14H2,1H3,(H2,15,16,17,18). The van der Waals surface area contributed by atoms with E-state index in [-0.39, 0.29) is 0 Å². The molecule has 1 aliphatic carbocycles. The number of nitrogen functional groups attached to an aromatic ring is 1. The average Bonchev–Trinajstić information content (AvgIpc) is 2.34. The number of nitrogens with zero attached hydrogens (tertiary/aromatic N) is 2. The lowest BCUT2D eigenvalue weighted by Gasteiger charge is -2.25. The topological polar surface area (TPSA) is 75.9 Å². The second-order valence-corrected chi connectivity index (χ2v) is 4.96. The van der Waals surface area contributed by atoms with Gasteiger partial charge in [-0.25, -0.2) is 15.8 Å². The van der Waals surface area contributed by atoms with Crippen molar-refractivity contribution in [2.24, 2.45) is 11.8 Å². The smallest absolute Gasteiger partial charge is 0.148 e. The van der Waals surface area contributed by atoms with E-state index in [9.17, 15) is 0 Å². The van der Waals surface area contributed by atoms with Crippen molar-refractivity contribution in [3.05, 3.63) is 11.9 Å². The Bertz CT molecular complexity index is 376. The van der Waals surface area contributed by atoms with Gasteiger partial charge in [-0.05, 0) is 18.8 Å². The Hall–Kier alpha value is -1.36. The van der Waals surface area contributed by atoms with E-state index in [2.05, 4.69) is 27.6 Å². The van der Waals surface area contributed by atoms with Crippen molar-refractivity contribution in [3.8, 4) is 0 Å². The fourth-order valence-electron chi connectivity index (χ4n) is 2.35. The molecule has 1 aliphatic rings. The molecule has 0 radical (unpaired) electrons. The van der Waals surface area contributed by atoms with E-state index in [1.165, 1.54) is 25.7 Å². The SMILES string of the molecule is CCCc1c(NN)ncnc1NCCC1CCC1. The van der Waals surface area contributed by atoms with Crippen LogP contribution in [-0.4, -0.2) is 16.5 Å². The van der Waals surface area contributed by atoms with Crippen LogP contribution >= 0.6 is 0 Å². The highest BCUT2D eigenvalue weighted by molar-refractivity contribution is 5.56. The van der Waals surface area contributed by atoms with Crippen molar-refractivity contribution in [3.63, 3.8) is 0 Å². The summed E-state index contributed by atoms with van der Waals surface area (Å²) in [7, 11) is 0. The molecule has 0 amide bonds. The Morgan fingerprint density at radius 1 is 1.33 bits per heavy atom. The van der Waals surface area contributed by atoms with Crippen LogP contribution in [0.3, 0.4) is 0 Å². The number of aromatic nitrogens is 2. The zero-order valence-corrected chi connectivity index (χ0v) is 11.1. The molecule has 100 valence electrons. The van der Waals surface area contributed by atoms with E-state index in [0.29, 0.717) is 0 Å². The van der Waals surface area contributed by atoms with Gasteiger partial charge in [-0.3, -0.25) is 0 Å². The molecule has 5 heteroatoms. The number of nitrogens with one attached hydrogen (secondary N) is 2. The van der Waals surface area contributed by atoms with Gasteiger partial charge in [0.05, 0.1) is 0 Å². The van der Waals surface area contributed by atoms with E-state index in [1.54, 1.807) is 6.33 Å². The largest absolute Gasteiger partial charge is 0.370 e. The fraction of sp³-hybridized carbons (Fsp3) is 0.692. The summed E-state index contributed by atoms with van der Waals surface area (Å²) in [5.41, 5.74) is 3.74. The van der Waals surface area contributed by atoms with Crippen molar-refractivity contribution in [2.45, 2.75) is 45.4 Å². The van der Waals surface area contributed by atoms with Crippen molar-refractivity contribution < 1.29 is 0 Å². The summed E-state index contributed by atoms with van der Waals surface area (Å²) in [5.74, 6) is 8.07. The minimum absolute atomic E-state index is 0.734. The van der Waals surface area contributed by atoms with Crippen LogP contribution in [0.1, 0.15) is 44.6 Å². The summed E-state index contributed by atoms with van der Waals surface area (Å²) >= 11 is 0. The highest BCUT2D eigenvalue weighted by Gasteiger charge is 2.17. The van der Waals surface area contributed by atoms with Crippen molar-refractivity contribution in [2.75, 3.05) is 17.3 Å². The van der Waals surface area contributed by atoms with Gasteiger partial charge in [0.2, 0.25) is 0 Å². The molecule has 0 saturated heterocycles. The van der Waals surface area contributed by atoms with E-state index < -0.39 is 0 Å². The lowest BCUT2D eigenvalue weighted by Crippen LogP contribution is -2.18. The van der Waals surface area contributed by atoms with Gasteiger partial charge in [0.15, 0.2) is 0 Å². The van der Waals surface area contributed by atoms with Gasteiger partial charge < -0.3 is 10.7 Å². The van der Waals surface area contributed by atoms with Crippen LogP contribution < -0.4 is 16.6 Å². The molecule has 2 rings (SSSR count). The van der Waals surface area contributed by atoms with Crippen molar-refractivity contribution in [1.82, 2.24) is 9.97 Å². The van der Waals surface area contributed by atoms with E-state index in [1.807, 2.05) is 0 Å². The number of anilines is 2. The summed E-state index contributed by atoms with van der Waals surface area (Å²) in [5, 5.41) is 3.43. The summed E-state index contributed by atoms with van der Waals surface area (Å²) in [4.78, 5) is 8.49. The van der Waals surface area contributed by atoms with Crippen LogP contribution in [0.25, 0.3) is 0 Å². The molecule has 1 aromatic heterocycles. The Morgan fingerprint density at radius 2 is 2.11 bits per heavy atom. The first-order chi connectivity index (χ1) is 8.85. The summed E-state index contributed by atoms with van der Waals surface area (Å²) in [6.45, 7) is 3.13. The Balaban J connectivity index is 1.96. The third-order valence-corrected chi connectivity index (χ3v) is 3.65. The first-order valence-corrected chi connectivity index (χ1v) is 6.89. The molecule has 0 unspecified atom stereocenters. The van der Waals surface area contributed by atoms with Crippen LogP contribution in [0.4, 0.5) is 11.6 Å². The van der Waals surface area contributed by atoms with Crippen LogP contribution in [-0.2, 0) is 6.42 Å². The summed E-state index contributed by atoms with van der Waals surface area (Å²) in [6, 6.07) is 0. The van der Waals surface area contributed by atoms with Crippen molar-refractivity contribution in [1.29, 1.82) is 0 Å². The zero-order chi connectivity index (χ0) is 12.8.